The van der Waals surface area contributed by atoms with Gasteiger partial charge in [0, 0.05) is 23.8 Å². The molecule has 0 radical (unpaired) electrons. The fourth-order valence-electron chi connectivity index (χ4n) is 1.84. The summed E-state index contributed by atoms with van der Waals surface area (Å²) in [7, 11) is 1.79. The zero-order valence-corrected chi connectivity index (χ0v) is 19.0. The summed E-state index contributed by atoms with van der Waals surface area (Å²) in [5, 5.41) is 9.87. The number of guanidine groups is 1. The highest BCUT2D eigenvalue weighted by atomic mass is 127. The van der Waals surface area contributed by atoms with E-state index in [0.29, 0.717) is 12.5 Å². The summed E-state index contributed by atoms with van der Waals surface area (Å²) in [4.78, 5) is 10.2. The molecule has 8 heteroatoms. The van der Waals surface area contributed by atoms with Crippen LogP contribution in [0.1, 0.15) is 35.3 Å². The molecule has 0 aliphatic heterocycles. The van der Waals surface area contributed by atoms with Crippen molar-refractivity contribution in [1.29, 1.82) is 0 Å². The van der Waals surface area contributed by atoms with Crippen molar-refractivity contribution in [3.8, 4) is 0 Å². The van der Waals surface area contributed by atoms with Crippen LogP contribution in [-0.2, 0) is 13.0 Å². The lowest BCUT2D eigenvalue weighted by molar-refractivity contribution is 0.781. The van der Waals surface area contributed by atoms with Gasteiger partial charge in [0.25, 0.3) is 0 Å². The maximum atomic E-state index is 4.62. The molecule has 0 saturated heterocycles. The number of halogens is 2. The molecule has 0 atom stereocenters. The van der Waals surface area contributed by atoms with Crippen LogP contribution < -0.4 is 10.6 Å². The molecule has 2 heterocycles. The molecule has 2 aromatic heterocycles. The van der Waals surface area contributed by atoms with Gasteiger partial charge >= 0.3 is 0 Å². The van der Waals surface area contributed by atoms with E-state index in [1.807, 2.05) is 0 Å². The van der Waals surface area contributed by atoms with Crippen molar-refractivity contribution in [1.82, 2.24) is 15.6 Å². The third kappa shape index (κ3) is 7.06. The summed E-state index contributed by atoms with van der Waals surface area (Å²) in [6.45, 7) is 5.90. The quantitative estimate of drug-likeness (QED) is 0.327. The summed E-state index contributed by atoms with van der Waals surface area (Å²) < 4.78 is 1.18. The van der Waals surface area contributed by atoms with Crippen LogP contribution in [0.5, 0.6) is 0 Å². The molecule has 4 nitrogen and oxygen atoms in total. The normalized spacial score (nSPS) is 11.4. The molecular formula is C15H22BrIN4S2. The van der Waals surface area contributed by atoms with Gasteiger partial charge in [0.15, 0.2) is 5.96 Å². The van der Waals surface area contributed by atoms with Crippen LogP contribution in [0.4, 0.5) is 0 Å². The number of nitrogens with zero attached hydrogens (tertiary/aromatic N) is 2. The second-order valence-electron chi connectivity index (χ2n) is 5.13. The van der Waals surface area contributed by atoms with E-state index in [1.54, 1.807) is 29.7 Å². The maximum absolute atomic E-state index is 4.62. The van der Waals surface area contributed by atoms with Gasteiger partial charge in [-0.1, -0.05) is 13.8 Å². The molecule has 2 N–H and O–H groups in total. The number of thiazole rings is 1. The topological polar surface area (TPSA) is 49.3 Å². The summed E-state index contributed by atoms with van der Waals surface area (Å²) in [6.07, 6.45) is 0.992. The Bertz CT molecular complexity index is 625. The average Bonchev–Trinajstić information content (AvgIpc) is 3.11. The van der Waals surface area contributed by atoms with Gasteiger partial charge in [-0.05, 0) is 40.4 Å². The fraction of sp³-hybridized carbons (Fsp3) is 0.467. The van der Waals surface area contributed by atoms with E-state index in [-0.39, 0.29) is 24.0 Å². The molecule has 0 fully saturated rings. The number of aromatic nitrogens is 1. The monoisotopic (exact) mass is 528 g/mol. The molecule has 128 valence electrons. The standard InChI is InChI=1S/C15H21BrN4S2.HI/c1-10(2)12-9-21-14(20-12)8-19-15(17-3)18-7-6-11-4-5-13(16)22-11;/h4-5,9-10H,6-8H2,1-3H3,(H2,17,18,19);1H. The van der Waals surface area contributed by atoms with E-state index in [4.69, 9.17) is 0 Å². The first-order valence-corrected chi connectivity index (χ1v) is 9.70. The lowest BCUT2D eigenvalue weighted by atomic mass is 10.2. The van der Waals surface area contributed by atoms with Gasteiger partial charge in [0.1, 0.15) is 5.01 Å². The van der Waals surface area contributed by atoms with Gasteiger partial charge in [-0.15, -0.1) is 46.7 Å². The number of nitrogens with one attached hydrogen (secondary N) is 2. The molecule has 0 aliphatic carbocycles. The minimum atomic E-state index is 0. The maximum Gasteiger partial charge on any atom is 0.191 e. The first kappa shape index (κ1) is 20.9. The Labute approximate surface area is 171 Å². The van der Waals surface area contributed by atoms with Gasteiger partial charge in [0.05, 0.1) is 16.0 Å². The highest BCUT2D eigenvalue weighted by Gasteiger charge is 2.06. The largest absolute Gasteiger partial charge is 0.356 e. The van der Waals surface area contributed by atoms with Gasteiger partial charge in [0.2, 0.25) is 0 Å². The highest BCUT2D eigenvalue weighted by Crippen LogP contribution is 2.22. The lowest BCUT2D eigenvalue weighted by Crippen LogP contribution is -2.37. The number of aliphatic imine (C=N–C) groups is 1. The third-order valence-electron chi connectivity index (χ3n) is 3.08. The van der Waals surface area contributed by atoms with Crippen LogP contribution >= 0.6 is 62.6 Å². The van der Waals surface area contributed by atoms with Crippen molar-refractivity contribution in [3.05, 3.63) is 36.9 Å². The zero-order chi connectivity index (χ0) is 15.9. The van der Waals surface area contributed by atoms with E-state index < -0.39 is 0 Å². The summed E-state index contributed by atoms with van der Waals surface area (Å²) in [5.41, 5.74) is 1.16. The van der Waals surface area contributed by atoms with Crippen LogP contribution in [0.2, 0.25) is 0 Å². The van der Waals surface area contributed by atoms with Crippen LogP contribution in [0.15, 0.2) is 26.3 Å². The van der Waals surface area contributed by atoms with E-state index >= 15 is 0 Å². The summed E-state index contributed by atoms with van der Waals surface area (Å²) in [5.74, 6) is 1.30. The van der Waals surface area contributed by atoms with E-state index in [0.717, 1.165) is 29.6 Å². The molecule has 0 saturated carbocycles. The minimum Gasteiger partial charge on any atom is -0.356 e. The molecule has 0 bridgehead atoms. The SMILES string of the molecule is CN=C(NCCc1ccc(Br)s1)NCc1nc(C(C)C)cs1.I. The molecule has 2 rings (SSSR count). The third-order valence-corrected chi connectivity index (χ3v) is 5.63. The fourth-order valence-corrected chi connectivity index (χ4v) is 4.22. The van der Waals surface area contributed by atoms with Gasteiger partial charge < -0.3 is 10.6 Å². The predicted octanol–water partition coefficient (Wildman–Crippen LogP) is 4.62. The molecule has 2 aromatic rings. The average molecular weight is 529 g/mol. The van der Waals surface area contributed by atoms with Crippen LogP contribution in [0.3, 0.4) is 0 Å². The van der Waals surface area contributed by atoms with Crippen LogP contribution in [-0.4, -0.2) is 24.5 Å². The van der Waals surface area contributed by atoms with E-state index in [1.165, 1.54) is 8.66 Å². The van der Waals surface area contributed by atoms with Crippen LogP contribution in [0.25, 0.3) is 0 Å². The van der Waals surface area contributed by atoms with E-state index in [9.17, 15) is 0 Å². The van der Waals surface area contributed by atoms with Gasteiger partial charge in [-0.3, -0.25) is 4.99 Å². The molecule has 0 amide bonds. The molecular weight excluding hydrogens is 507 g/mol. The number of rotatable bonds is 6. The molecule has 0 spiro atoms. The predicted molar refractivity (Wildman–Crippen MR) is 116 cm³/mol. The number of hydrogen-bond acceptors (Lipinski definition) is 4. The second kappa shape index (κ2) is 10.6. The summed E-state index contributed by atoms with van der Waals surface area (Å²) in [6, 6.07) is 4.23. The summed E-state index contributed by atoms with van der Waals surface area (Å²) >= 11 is 6.95. The minimum absolute atomic E-state index is 0. The first-order chi connectivity index (χ1) is 10.6. The van der Waals surface area contributed by atoms with Crippen molar-refractivity contribution in [2.45, 2.75) is 32.7 Å². The number of thiophene rings is 1. The van der Waals surface area contributed by atoms with Crippen molar-refractivity contribution in [2.75, 3.05) is 13.6 Å². The van der Waals surface area contributed by atoms with Crippen molar-refractivity contribution in [3.63, 3.8) is 0 Å². The molecule has 0 aliphatic rings. The Morgan fingerprint density at radius 2 is 2.13 bits per heavy atom. The Kier molecular flexibility index (Phi) is 9.64. The smallest absolute Gasteiger partial charge is 0.191 e. The van der Waals surface area contributed by atoms with E-state index in [2.05, 4.69) is 67.9 Å². The Balaban J connectivity index is 0.00000264. The number of hydrogen-bond donors (Lipinski definition) is 2. The highest BCUT2D eigenvalue weighted by molar-refractivity contribution is 14.0. The first-order valence-electron chi connectivity index (χ1n) is 7.21. The van der Waals surface area contributed by atoms with Crippen molar-refractivity contribution >= 4 is 68.5 Å². The Morgan fingerprint density at radius 3 is 2.70 bits per heavy atom. The lowest BCUT2D eigenvalue weighted by Gasteiger charge is -2.10. The van der Waals surface area contributed by atoms with Crippen molar-refractivity contribution in [2.24, 2.45) is 4.99 Å². The Morgan fingerprint density at radius 1 is 1.35 bits per heavy atom. The second-order valence-corrected chi connectivity index (χ2v) is 8.62. The van der Waals surface area contributed by atoms with Crippen LogP contribution in [0, 0.1) is 0 Å². The van der Waals surface area contributed by atoms with Gasteiger partial charge in [-0.2, -0.15) is 0 Å². The van der Waals surface area contributed by atoms with Gasteiger partial charge in [-0.25, -0.2) is 4.98 Å². The molecule has 0 aromatic carbocycles. The molecule has 23 heavy (non-hydrogen) atoms. The molecule has 0 unspecified atom stereocenters. The Hall–Kier alpha value is -0.190. The van der Waals surface area contributed by atoms with Crippen molar-refractivity contribution < 1.29 is 0 Å². The zero-order valence-electron chi connectivity index (χ0n) is 13.4.